The number of carboxylic acids is 1. The van der Waals surface area contributed by atoms with Crippen LogP contribution in [0.2, 0.25) is 0 Å². The number of carbonyl (C=O) groups is 1. The first kappa shape index (κ1) is 14.9. The fourth-order valence-electron chi connectivity index (χ4n) is 1.21. The first-order valence-electron chi connectivity index (χ1n) is 5.65. The Morgan fingerprint density at radius 2 is 2.25 bits per heavy atom. The molecular formula is C11H22N2O3. The van der Waals surface area contributed by atoms with E-state index in [0.717, 1.165) is 6.92 Å². The van der Waals surface area contributed by atoms with Crippen LogP contribution >= 0.6 is 0 Å². The van der Waals surface area contributed by atoms with Gasteiger partial charge >= 0.3 is 0 Å². The van der Waals surface area contributed by atoms with Gasteiger partial charge in [-0.15, -0.1) is 0 Å². The molecule has 1 aliphatic rings. The van der Waals surface area contributed by atoms with Crippen molar-refractivity contribution in [1.29, 1.82) is 0 Å². The lowest BCUT2D eigenvalue weighted by molar-refractivity contribution is -0.482. The van der Waals surface area contributed by atoms with E-state index in [4.69, 9.17) is 5.11 Å². The van der Waals surface area contributed by atoms with Gasteiger partial charge in [0.2, 0.25) is 6.34 Å². The lowest BCUT2D eigenvalue weighted by Gasteiger charge is -2.03. The van der Waals surface area contributed by atoms with Crippen LogP contribution in [-0.2, 0) is 4.79 Å². The first-order valence-corrected chi connectivity index (χ1v) is 5.65. The third-order valence-corrected chi connectivity index (χ3v) is 2.24. The Bertz CT molecular complexity index is 239. The van der Waals surface area contributed by atoms with Crippen LogP contribution < -0.4 is 5.11 Å². The highest BCUT2D eigenvalue weighted by atomic mass is 16.4. The lowest BCUT2D eigenvalue weighted by Crippen LogP contribution is -2.32. The summed E-state index contributed by atoms with van der Waals surface area (Å²) in [5, 5.41) is 17.3. The van der Waals surface area contributed by atoms with E-state index in [1.165, 1.54) is 32.5 Å². The summed E-state index contributed by atoms with van der Waals surface area (Å²) in [4.78, 5) is 11.7. The SMILES string of the molecule is CC(O)C(=O)[O-].CCCCN1C=[N+](C)CC1. The van der Waals surface area contributed by atoms with Gasteiger partial charge in [0.05, 0.1) is 25.7 Å². The van der Waals surface area contributed by atoms with Gasteiger partial charge in [0.1, 0.15) is 13.1 Å². The maximum absolute atomic E-state index is 9.34. The predicted octanol–water partition coefficient (Wildman–Crippen LogP) is -1.11. The zero-order valence-corrected chi connectivity index (χ0v) is 10.3. The summed E-state index contributed by atoms with van der Waals surface area (Å²) < 4.78 is 2.25. The third kappa shape index (κ3) is 7.23. The van der Waals surface area contributed by atoms with Crippen LogP contribution in [0.15, 0.2) is 0 Å². The number of carboxylic acid groups (broad SMARTS) is 1. The van der Waals surface area contributed by atoms with Crippen LogP contribution in [-0.4, -0.2) is 59.7 Å². The quantitative estimate of drug-likeness (QED) is 0.622. The van der Waals surface area contributed by atoms with E-state index in [9.17, 15) is 9.90 Å². The summed E-state index contributed by atoms with van der Waals surface area (Å²) in [6.45, 7) is 7.02. The van der Waals surface area contributed by atoms with Crippen molar-refractivity contribution >= 4 is 12.3 Å². The molecule has 0 saturated carbocycles. The number of hydrogen-bond acceptors (Lipinski definition) is 4. The molecule has 0 amide bonds. The number of aliphatic carboxylic acids is 1. The molecular weight excluding hydrogens is 208 g/mol. The van der Waals surface area contributed by atoms with Crippen molar-refractivity contribution < 1.29 is 19.6 Å². The van der Waals surface area contributed by atoms with Crippen molar-refractivity contribution in [3.63, 3.8) is 0 Å². The third-order valence-electron chi connectivity index (χ3n) is 2.24. The van der Waals surface area contributed by atoms with Gasteiger partial charge in [0, 0.05) is 0 Å². The highest BCUT2D eigenvalue weighted by Crippen LogP contribution is 1.95. The van der Waals surface area contributed by atoms with Gasteiger partial charge in [-0.2, -0.15) is 0 Å². The Labute approximate surface area is 97.0 Å². The second kappa shape index (κ2) is 8.10. The van der Waals surface area contributed by atoms with E-state index < -0.39 is 12.1 Å². The molecule has 0 bridgehead atoms. The van der Waals surface area contributed by atoms with E-state index >= 15 is 0 Å². The molecule has 0 aromatic rings. The molecule has 0 radical (unpaired) electrons. The minimum Gasteiger partial charge on any atom is -0.547 e. The van der Waals surface area contributed by atoms with Crippen LogP contribution in [0.1, 0.15) is 26.7 Å². The Kier molecular flexibility index (Phi) is 7.54. The fourth-order valence-corrected chi connectivity index (χ4v) is 1.21. The Morgan fingerprint density at radius 3 is 2.56 bits per heavy atom. The van der Waals surface area contributed by atoms with Crippen molar-refractivity contribution in [2.45, 2.75) is 32.8 Å². The van der Waals surface area contributed by atoms with Gasteiger partial charge in [-0.1, -0.05) is 13.3 Å². The largest absolute Gasteiger partial charge is 0.547 e. The molecule has 5 heteroatoms. The molecule has 0 aromatic carbocycles. The van der Waals surface area contributed by atoms with Crippen LogP contribution in [0.5, 0.6) is 0 Å². The predicted molar refractivity (Wildman–Crippen MR) is 60.3 cm³/mol. The smallest absolute Gasteiger partial charge is 0.234 e. The van der Waals surface area contributed by atoms with E-state index in [0.29, 0.717) is 0 Å². The zero-order chi connectivity index (χ0) is 12.6. The molecule has 0 fully saturated rings. The Morgan fingerprint density at radius 1 is 1.69 bits per heavy atom. The molecule has 94 valence electrons. The molecule has 5 nitrogen and oxygen atoms in total. The van der Waals surface area contributed by atoms with Crippen molar-refractivity contribution in [3.8, 4) is 0 Å². The summed E-state index contributed by atoms with van der Waals surface area (Å²) in [7, 11) is 2.13. The van der Waals surface area contributed by atoms with E-state index in [-0.39, 0.29) is 0 Å². The van der Waals surface area contributed by atoms with Crippen molar-refractivity contribution in [2.75, 3.05) is 26.7 Å². The summed E-state index contributed by atoms with van der Waals surface area (Å²) in [5.74, 6) is -1.44. The molecule has 1 atom stereocenters. The molecule has 1 unspecified atom stereocenters. The lowest BCUT2D eigenvalue weighted by atomic mass is 10.3. The van der Waals surface area contributed by atoms with Crippen LogP contribution in [0.3, 0.4) is 0 Å². The molecule has 1 heterocycles. The summed E-state index contributed by atoms with van der Waals surface area (Å²) in [6, 6.07) is 0. The number of rotatable bonds is 4. The second-order valence-corrected chi connectivity index (χ2v) is 3.98. The van der Waals surface area contributed by atoms with Crippen molar-refractivity contribution in [2.24, 2.45) is 0 Å². The van der Waals surface area contributed by atoms with Gasteiger partial charge in [-0.05, 0) is 13.3 Å². The average Bonchev–Trinajstić information content (AvgIpc) is 2.62. The Hall–Kier alpha value is -1.10. The highest BCUT2D eigenvalue weighted by molar-refractivity contribution is 5.68. The van der Waals surface area contributed by atoms with Gasteiger partial charge in [-0.25, -0.2) is 0 Å². The van der Waals surface area contributed by atoms with Gasteiger partial charge in [0.15, 0.2) is 0 Å². The molecule has 0 saturated heterocycles. The number of aliphatic hydroxyl groups excluding tert-OH is 1. The fraction of sp³-hybridized carbons (Fsp3) is 0.818. The Balaban J connectivity index is 0.000000325. The number of likely N-dealkylation sites (N-methyl/N-ethyl adjacent to an activating group) is 1. The summed E-state index contributed by atoms with van der Waals surface area (Å²) in [6.07, 6.45) is 3.50. The molecule has 0 spiro atoms. The maximum Gasteiger partial charge on any atom is 0.234 e. The first-order chi connectivity index (χ1) is 7.47. The number of unbranched alkanes of at least 4 members (excludes halogenated alkanes) is 1. The van der Waals surface area contributed by atoms with E-state index in [1.807, 2.05) is 0 Å². The van der Waals surface area contributed by atoms with Crippen molar-refractivity contribution in [3.05, 3.63) is 0 Å². The normalized spacial score (nSPS) is 16.2. The highest BCUT2D eigenvalue weighted by Gasteiger charge is 2.14. The average molecular weight is 230 g/mol. The summed E-state index contributed by atoms with van der Waals surface area (Å²) >= 11 is 0. The number of aliphatic hydroxyl groups is 1. The van der Waals surface area contributed by atoms with Crippen LogP contribution in [0.25, 0.3) is 0 Å². The van der Waals surface area contributed by atoms with E-state index in [1.54, 1.807) is 0 Å². The molecule has 1 aliphatic heterocycles. The van der Waals surface area contributed by atoms with Crippen LogP contribution in [0.4, 0.5) is 0 Å². The van der Waals surface area contributed by atoms with Gasteiger partial charge in [-0.3, -0.25) is 9.48 Å². The molecule has 1 N–H and O–H groups in total. The molecule has 0 aliphatic carbocycles. The second-order valence-electron chi connectivity index (χ2n) is 3.98. The monoisotopic (exact) mass is 230 g/mol. The van der Waals surface area contributed by atoms with Gasteiger partial charge < -0.3 is 15.0 Å². The molecule has 0 aromatic heterocycles. The maximum atomic E-state index is 9.34. The number of hydrogen-bond donors (Lipinski definition) is 1. The summed E-state index contributed by atoms with van der Waals surface area (Å²) in [5.41, 5.74) is 0. The number of nitrogens with zero attached hydrogens (tertiary/aromatic N) is 2. The van der Waals surface area contributed by atoms with E-state index in [2.05, 4.69) is 29.8 Å². The van der Waals surface area contributed by atoms with Crippen molar-refractivity contribution in [1.82, 2.24) is 4.90 Å². The van der Waals surface area contributed by atoms with Gasteiger partial charge in [0.25, 0.3) is 0 Å². The van der Waals surface area contributed by atoms with Crippen LogP contribution in [0, 0.1) is 0 Å². The standard InChI is InChI=1S/C8H17N2.C3H6O3/c1-3-4-5-10-7-6-9(2)8-10;1-2(4)3(5)6/h8H,3-7H2,1-2H3;2,4H,1H3,(H,5,6)/q+1;/p-1. The topological polar surface area (TPSA) is 66.6 Å². The number of carbonyl (C=O) groups excluding carboxylic acids is 1. The minimum atomic E-state index is -1.44. The minimum absolute atomic E-state index is 1.13. The zero-order valence-electron chi connectivity index (χ0n) is 10.3. The molecule has 1 rings (SSSR count). The molecule has 16 heavy (non-hydrogen) atoms.